The molecule has 0 amide bonds. The van der Waals surface area contributed by atoms with Crippen LogP contribution in [0.15, 0.2) is 0 Å². The molecule has 20 heavy (non-hydrogen) atoms. The molecule has 2 unspecified atom stereocenters. The van der Waals surface area contributed by atoms with Crippen LogP contribution in [-0.2, 0) is 8.43 Å². The zero-order valence-corrected chi connectivity index (χ0v) is 17.8. The number of hydrogen-bond acceptors (Lipinski definition) is 4. The van der Waals surface area contributed by atoms with Crippen molar-refractivity contribution in [1.29, 1.82) is 0 Å². The van der Waals surface area contributed by atoms with Gasteiger partial charge in [0.25, 0.3) is 16.6 Å². The summed E-state index contributed by atoms with van der Waals surface area (Å²) < 4.78 is 11.2. The van der Waals surface area contributed by atoms with Crippen LogP contribution in [0.4, 0.5) is 0 Å². The summed E-state index contributed by atoms with van der Waals surface area (Å²) in [5.41, 5.74) is 1.14. The first-order valence-electron chi connectivity index (χ1n) is 6.48. The van der Waals surface area contributed by atoms with Gasteiger partial charge in [-0.05, 0) is 39.3 Å². The molecule has 0 bridgehead atoms. The monoisotopic (exact) mass is 355 g/mol. The van der Waals surface area contributed by atoms with E-state index in [9.17, 15) is 9.79 Å². The van der Waals surface area contributed by atoms with Crippen molar-refractivity contribution in [1.82, 2.24) is 4.90 Å². The lowest BCUT2D eigenvalue weighted by Gasteiger charge is -2.19. The van der Waals surface area contributed by atoms with Gasteiger partial charge < -0.3 is 9.79 Å². The summed E-state index contributed by atoms with van der Waals surface area (Å²) in [5.74, 6) is 0. The van der Waals surface area contributed by atoms with E-state index in [-0.39, 0.29) is 0 Å². The van der Waals surface area contributed by atoms with Gasteiger partial charge in [-0.25, -0.2) is 8.43 Å². The molecule has 0 heterocycles. The van der Waals surface area contributed by atoms with Crippen LogP contribution in [0.3, 0.4) is 0 Å². The Morgan fingerprint density at radius 2 is 1.05 bits per heavy atom. The van der Waals surface area contributed by atoms with Crippen LogP contribution in [-0.4, -0.2) is 39.4 Å². The minimum atomic E-state index is -1.90. The van der Waals surface area contributed by atoms with E-state index in [1.807, 2.05) is 39.3 Å². The van der Waals surface area contributed by atoms with Crippen LogP contribution < -0.4 is 9.79 Å². The van der Waals surface area contributed by atoms with E-state index in [0.29, 0.717) is 10.8 Å². The second-order valence-corrected chi connectivity index (χ2v) is 18.8. The highest BCUT2D eigenvalue weighted by Gasteiger charge is 2.28. The van der Waals surface area contributed by atoms with Crippen molar-refractivity contribution >= 4 is 43.5 Å². The van der Waals surface area contributed by atoms with Gasteiger partial charge in [0.15, 0.2) is 10.8 Å². The van der Waals surface area contributed by atoms with Crippen molar-refractivity contribution in [2.24, 2.45) is 0 Å². The zero-order valence-electron chi connectivity index (χ0n) is 14.0. The van der Waals surface area contributed by atoms with Gasteiger partial charge >= 0.3 is 0 Å². The molecule has 0 rings (SSSR count). The fourth-order valence-corrected chi connectivity index (χ4v) is 7.01. The van der Waals surface area contributed by atoms with Gasteiger partial charge in [0.2, 0.25) is 16.0 Å². The molecule has 0 aromatic carbocycles. The van der Waals surface area contributed by atoms with Crippen LogP contribution in [0.2, 0.25) is 39.3 Å². The first-order chi connectivity index (χ1) is 8.74. The van der Waals surface area contributed by atoms with Crippen molar-refractivity contribution in [3.8, 4) is 0 Å². The second kappa shape index (κ2) is 7.72. The molecule has 5 nitrogen and oxygen atoms in total. The average Bonchev–Trinajstić information content (AvgIpc) is 2.21. The van der Waals surface area contributed by atoms with Crippen LogP contribution >= 0.6 is 16.0 Å². The molecule has 0 saturated carbocycles. The van der Waals surface area contributed by atoms with Crippen molar-refractivity contribution in [2.75, 3.05) is 7.05 Å². The Morgan fingerprint density at radius 1 is 0.800 bits per heavy atom. The molecule has 0 fully saturated rings. The zero-order chi connectivity index (χ0) is 16.3. The summed E-state index contributed by atoms with van der Waals surface area (Å²) in [5, 5.41) is 0. The fraction of sp³-hybridized carbons (Fsp3) is 0.818. The maximum atomic E-state index is 12.2. The largest absolute Gasteiger partial charge is 0.603 e. The molecule has 0 spiro atoms. The van der Waals surface area contributed by atoms with Gasteiger partial charge in [-0.3, -0.25) is 0 Å². The Labute approximate surface area is 127 Å². The van der Waals surface area contributed by atoms with Crippen molar-refractivity contribution < 1.29 is 18.2 Å². The Balaban J connectivity index is 5.19. The van der Waals surface area contributed by atoms with Gasteiger partial charge in [-0.1, -0.05) is 0 Å². The molecule has 0 aromatic heterocycles. The Bertz CT molecular complexity index is 376. The first kappa shape index (κ1) is 20.6. The first-order valence-corrected chi connectivity index (χ1v) is 15.7. The topological polar surface area (TPSA) is 67.8 Å². The van der Waals surface area contributed by atoms with Crippen LogP contribution in [0.25, 0.3) is 0 Å². The maximum Gasteiger partial charge on any atom is 0.252 e. The smallest absolute Gasteiger partial charge is 0.252 e. The molecule has 0 radical (unpaired) electrons. The molecular weight excluding hydrogens is 328 g/mol. The van der Waals surface area contributed by atoms with E-state index < -0.39 is 32.6 Å². The molecule has 0 saturated heterocycles. The quantitative estimate of drug-likeness (QED) is 0.540. The lowest BCUT2D eigenvalue weighted by molar-refractivity contribution is -0.167. The van der Waals surface area contributed by atoms with Crippen LogP contribution in [0.1, 0.15) is 13.8 Å². The third-order valence-corrected chi connectivity index (χ3v) is 9.58. The van der Waals surface area contributed by atoms with Crippen molar-refractivity contribution in [3.63, 3.8) is 0 Å². The summed E-state index contributed by atoms with van der Waals surface area (Å²) in [4.78, 5) is 26.0. The number of nitrogens with zero attached hydrogens (tertiary/aromatic N) is 1. The molecule has 0 N–H and O–H groups in total. The normalized spacial score (nSPS) is 16.2. The molecule has 118 valence electrons. The van der Waals surface area contributed by atoms with Gasteiger partial charge in [0.05, 0.1) is 0 Å². The standard InChI is InChI=1S/C11H27NO4P2Si2/c1-10(17(13)15-19(4,5)6)12(3)11(2)18(14)16-20(7,8)9/h1-9H3. The van der Waals surface area contributed by atoms with Gasteiger partial charge in [-0.2, -0.15) is 4.90 Å². The molecule has 9 heteroatoms. The van der Waals surface area contributed by atoms with E-state index in [4.69, 9.17) is 8.43 Å². The summed E-state index contributed by atoms with van der Waals surface area (Å²) in [6, 6.07) is 0. The molecule has 0 aliphatic carbocycles. The molecule has 0 aliphatic rings. The second-order valence-electron chi connectivity index (χ2n) is 6.57. The van der Waals surface area contributed by atoms with E-state index >= 15 is 0 Å². The third-order valence-electron chi connectivity index (χ3n) is 2.21. The highest BCUT2D eigenvalue weighted by molar-refractivity contribution is 7.50. The van der Waals surface area contributed by atoms with E-state index in [0.717, 1.165) is 0 Å². The number of hydrogen-bond donors (Lipinski definition) is 0. The Kier molecular flexibility index (Phi) is 7.94. The summed E-state index contributed by atoms with van der Waals surface area (Å²) >= 11 is 0. The summed E-state index contributed by atoms with van der Waals surface area (Å²) in [6.45, 7) is 15.4. The molecular formula is C11H27NO4P2Si2. The number of rotatable bonds is 6. The van der Waals surface area contributed by atoms with E-state index in [1.165, 1.54) is 0 Å². The molecule has 0 aromatic rings. The molecule has 0 aliphatic heterocycles. The highest BCUT2D eigenvalue weighted by atomic mass is 31.1. The molecule has 2 atom stereocenters. The predicted octanol–water partition coefficient (Wildman–Crippen LogP) is 2.27. The van der Waals surface area contributed by atoms with Crippen molar-refractivity contribution in [3.05, 3.63) is 0 Å². The predicted molar refractivity (Wildman–Crippen MR) is 91.8 cm³/mol. The van der Waals surface area contributed by atoms with Gasteiger partial charge in [-0.15, -0.1) is 0 Å². The third kappa shape index (κ3) is 8.12. The average molecular weight is 355 g/mol. The minimum Gasteiger partial charge on any atom is -0.603 e. The van der Waals surface area contributed by atoms with Crippen LogP contribution in [0.5, 0.6) is 0 Å². The van der Waals surface area contributed by atoms with Gasteiger partial charge in [0.1, 0.15) is 0 Å². The summed E-state index contributed by atoms with van der Waals surface area (Å²) in [6.07, 6.45) is 0. The summed E-state index contributed by atoms with van der Waals surface area (Å²) in [7, 11) is -5.79. The SMILES string of the molecule is CC(N(C)C(C)=[P+]([O-])O[Si](C)(C)C)=[P+]([O-])O[Si](C)(C)C. The lowest BCUT2D eigenvalue weighted by Crippen LogP contribution is -2.34. The lowest BCUT2D eigenvalue weighted by atomic mass is 10.6. The Morgan fingerprint density at radius 3 is 1.25 bits per heavy atom. The van der Waals surface area contributed by atoms with Gasteiger partial charge in [0, 0.05) is 20.9 Å². The Hall–Kier alpha value is 0.574. The minimum absolute atomic E-state index is 0.572. The van der Waals surface area contributed by atoms with E-state index in [2.05, 4.69) is 0 Å². The fourth-order valence-electron chi connectivity index (χ4n) is 1.11. The van der Waals surface area contributed by atoms with Crippen molar-refractivity contribution in [2.45, 2.75) is 53.1 Å². The van der Waals surface area contributed by atoms with E-state index in [1.54, 1.807) is 25.8 Å². The highest BCUT2D eigenvalue weighted by Crippen LogP contribution is 2.27. The van der Waals surface area contributed by atoms with Crippen LogP contribution in [0, 0.1) is 0 Å². The maximum absolute atomic E-state index is 12.2.